The zero-order valence-corrected chi connectivity index (χ0v) is 14.3. The van der Waals surface area contributed by atoms with Crippen LogP contribution in [0.2, 0.25) is 0 Å². The van der Waals surface area contributed by atoms with Crippen LogP contribution in [-0.2, 0) is 0 Å². The number of aryl methyl sites for hydroxylation is 2. The Kier molecular flexibility index (Phi) is 4.39. The molecule has 1 unspecified atom stereocenters. The van der Waals surface area contributed by atoms with Gasteiger partial charge in [-0.3, -0.25) is 0 Å². The van der Waals surface area contributed by atoms with E-state index in [0.717, 1.165) is 28.3 Å². The minimum absolute atomic E-state index is 0.0645. The van der Waals surface area contributed by atoms with Gasteiger partial charge in [-0.2, -0.15) is 0 Å². The molecule has 23 heavy (non-hydrogen) atoms. The van der Waals surface area contributed by atoms with E-state index in [1.807, 2.05) is 18.2 Å². The zero-order valence-electron chi connectivity index (χ0n) is 13.5. The number of nitrogens with one attached hydrogen (secondary N) is 2. The van der Waals surface area contributed by atoms with Crippen molar-refractivity contribution in [1.29, 1.82) is 0 Å². The van der Waals surface area contributed by atoms with Crippen LogP contribution in [0, 0.1) is 13.8 Å². The largest absolute Gasteiger partial charge is 0.454 e. The SMILES string of the molecule is Cc1ccc(C)c(NC(=S)NC(C)c2ccc3c(c2)OCO3)c1. The third kappa shape index (κ3) is 3.56. The molecular formula is C18H20N2O2S. The summed E-state index contributed by atoms with van der Waals surface area (Å²) < 4.78 is 10.8. The summed E-state index contributed by atoms with van der Waals surface area (Å²) in [5.74, 6) is 1.57. The first-order valence-corrected chi connectivity index (χ1v) is 7.98. The number of benzene rings is 2. The topological polar surface area (TPSA) is 42.5 Å². The predicted octanol–water partition coefficient (Wildman–Crippen LogP) is 4.08. The number of hydrogen-bond acceptors (Lipinski definition) is 3. The lowest BCUT2D eigenvalue weighted by Gasteiger charge is -2.18. The van der Waals surface area contributed by atoms with Crippen LogP contribution in [0.15, 0.2) is 36.4 Å². The number of ether oxygens (including phenoxy) is 2. The minimum Gasteiger partial charge on any atom is -0.454 e. The van der Waals surface area contributed by atoms with Gasteiger partial charge in [0.1, 0.15) is 0 Å². The molecular weight excluding hydrogens is 308 g/mol. The number of hydrogen-bond donors (Lipinski definition) is 2. The van der Waals surface area contributed by atoms with E-state index in [4.69, 9.17) is 21.7 Å². The molecule has 0 aliphatic carbocycles. The Bertz CT molecular complexity index is 746. The summed E-state index contributed by atoms with van der Waals surface area (Å²) in [6, 6.07) is 12.3. The molecule has 0 fully saturated rings. The van der Waals surface area contributed by atoms with Gasteiger partial charge >= 0.3 is 0 Å². The van der Waals surface area contributed by atoms with Crippen LogP contribution in [0.4, 0.5) is 5.69 Å². The lowest BCUT2D eigenvalue weighted by atomic mass is 10.1. The van der Waals surface area contributed by atoms with E-state index in [1.165, 1.54) is 5.56 Å². The molecule has 0 saturated carbocycles. The molecule has 3 rings (SSSR count). The summed E-state index contributed by atoms with van der Waals surface area (Å²) in [6.45, 7) is 6.48. The van der Waals surface area contributed by atoms with Gasteiger partial charge in [-0.1, -0.05) is 18.2 Å². The Morgan fingerprint density at radius 3 is 2.70 bits per heavy atom. The van der Waals surface area contributed by atoms with Gasteiger partial charge in [-0.05, 0) is 67.9 Å². The van der Waals surface area contributed by atoms with E-state index in [1.54, 1.807) is 0 Å². The van der Waals surface area contributed by atoms with Crippen LogP contribution < -0.4 is 20.1 Å². The third-order valence-corrected chi connectivity index (χ3v) is 4.11. The first-order chi connectivity index (χ1) is 11.0. The van der Waals surface area contributed by atoms with Crippen LogP contribution >= 0.6 is 12.2 Å². The van der Waals surface area contributed by atoms with Crippen molar-refractivity contribution < 1.29 is 9.47 Å². The quantitative estimate of drug-likeness (QED) is 0.831. The van der Waals surface area contributed by atoms with Gasteiger partial charge < -0.3 is 20.1 Å². The van der Waals surface area contributed by atoms with E-state index < -0.39 is 0 Å². The Labute approximate surface area is 141 Å². The maximum atomic E-state index is 5.44. The lowest BCUT2D eigenvalue weighted by Crippen LogP contribution is -2.31. The van der Waals surface area contributed by atoms with E-state index >= 15 is 0 Å². The molecule has 5 heteroatoms. The van der Waals surface area contributed by atoms with Crippen molar-refractivity contribution in [2.45, 2.75) is 26.8 Å². The zero-order chi connectivity index (χ0) is 16.4. The minimum atomic E-state index is 0.0645. The summed E-state index contributed by atoms with van der Waals surface area (Å²) in [6.07, 6.45) is 0. The van der Waals surface area contributed by atoms with Crippen molar-refractivity contribution in [1.82, 2.24) is 5.32 Å². The molecule has 0 bridgehead atoms. The molecule has 0 aromatic heterocycles. The Morgan fingerprint density at radius 1 is 1.09 bits per heavy atom. The normalized spacial score (nSPS) is 13.5. The highest BCUT2D eigenvalue weighted by atomic mass is 32.1. The fraction of sp³-hybridized carbons (Fsp3) is 0.278. The number of rotatable bonds is 3. The second-order valence-electron chi connectivity index (χ2n) is 5.75. The van der Waals surface area contributed by atoms with Gasteiger partial charge in [-0.15, -0.1) is 0 Å². The summed E-state index contributed by atoms with van der Waals surface area (Å²) in [5, 5.41) is 7.18. The molecule has 120 valence electrons. The fourth-order valence-electron chi connectivity index (χ4n) is 2.49. The highest BCUT2D eigenvalue weighted by Crippen LogP contribution is 2.34. The first kappa shape index (κ1) is 15.6. The third-order valence-electron chi connectivity index (χ3n) is 3.89. The lowest BCUT2D eigenvalue weighted by molar-refractivity contribution is 0.174. The highest BCUT2D eigenvalue weighted by Gasteiger charge is 2.16. The Morgan fingerprint density at radius 2 is 1.87 bits per heavy atom. The van der Waals surface area contributed by atoms with Crippen molar-refractivity contribution in [2.24, 2.45) is 0 Å². The summed E-state index contributed by atoms with van der Waals surface area (Å²) in [4.78, 5) is 0. The summed E-state index contributed by atoms with van der Waals surface area (Å²) >= 11 is 5.44. The van der Waals surface area contributed by atoms with Gasteiger partial charge in [0.05, 0.1) is 6.04 Å². The van der Waals surface area contributed by atoms with Gasteiger partial charge in [0, 0.05) is 5.69 Å². The molecule has 2 aromatic rings. The van der Waals surface area contributed by atoms with E-state index in [-0.39, 0.29) is 12.8 Å². The van der Waals surface area contributed by atoms with Crippen LogP contribution in [0.5, 0.6) is 11.5 Å². The number of anilines is 1. The van der Waals surface area contributed by atoms with E-state index in [0.29, 0.717) is 5.11 Å². The average molecular weight is 328 g/mol. The van der Waals surface area contributed by atoms with Crippen molar-refractivity contribution in [2.75, 3.05) is 12.1 Å². The molecule has 1 aliphatic heterocycles. The van der Waals surface area contributed by atoms with Gasteiger partial charge in [0.25, 0.3) is 0 Å². The average Bonchev–Trinajstić information content (AvgIpc) is 2.98. The Balaban J connectivity index is 1.66. The molecule has 2 aromatic carbocycles. The summed E-state index contributed by atoms with van der Waals surface area (Å²) in [5.41, 5.74) is 4.49. The number of fused-ring (bicyclic) bond motifs is 1. The van der Waals surface area contributed by atoms with Gasteiger partial charge in [-0.25, -0.2) is 0 Å². The first-order valence-electron chi connectivity index (χ1n) is 7.57. The highest BCUT2D eigenvalue weighted by molar-refractivity contribution is 7.80. The molecule has 0 spiro atoms. The monoisotopic (exact) mass is 328 g/mol. The van der Waals surface area contributed by atoms with Crippen LogP contribution in [-0.4, -0.2) is 11.9 Å². The van der Waals surface area contributed by atoms with Crippen LogP contribution in [0.3, 0.4) is 0 Å². The van der Waals surface area contributed by atoms with E-state index in [9.17, 15) is 0 Å². The maximum Gasteiger partial charge on any atom is 0.231 e. The second-order valence-corrected chi connectivity index (χ2v) is 6.16. The maximum absolute atomic E-state index is 5.44. The van der Waals surface area contributed by atoms with E-state index in [2.05, 4.69) is 49.6 Å². The molecule has 0 saturated heterocycles. The summed E-state index contributed by atoms with van der Waals surface area (Å²) in [7, 11) is 0. The molecule has 2 N–H and O–H groups in total. The molecule has 4 nitrogen and oxygen atoms in total. The van der Waals surface area contributed by atoms with Crippen molar-refractivity contribution in [3.05, 3.63) is 53.1 Å². The molecule has 0 amide bonds. The molecule has 0 radical (unpaired) electrons. The molecule has 1 aliphatic rings. The van der Waals surface area contributed by atoms with Crippen molar-refractivity contribution >= 4 is 23.0 Å². The fourth-order valence-corrected chi connectivity index (χ4v) is 2.78. The van der Waals surface area contributed by atoms with Gasteiger partial charge in [0.15, 0.2) is 16.6 Å². The predicted molar refractivity (Wildman–Crippen MR) is 96.3 cm³/mol. The molecule has 1 heterocycles. The van der Waals surface area contributed by atoms with Crippen molar-refractivity contribution in [3.8, 4) is 11.5 Å². The van der Waals surface area contributed by atoms with Crippen LogP contribution in [0.1, 0.15) is 29.7 Å². The standard InChI is InChI=1S/C18H20N2O2S/c1-11-4-5-12(2)15(8-11)20-18(23)19-13(3)14-6-7-16-17(9-14)22-10-21-16/h4-9,13H,10H2,1-3H3,(H2,19,20,23). The Hall–Kier alpha value is -2.27. The molecule has 1 atom stereocenters. The second kappa shape index (κ2) is 6.46. The van der Waals surface area contributed by atoms with Crippen LogP contribution in [0.25, 0.3) is 0 Å². The van der Waals surface area contributed by atoms with Crippen molar-refractivity contribution in [3.63, 3.8) is 0 Å². The van der Waals surface area contributed by atoms with Gasteiger partial charge in [0.2, 0.25) is 6.79 Å². The smallest absolute Gasteiger partial charge is 0.231 e. The number of thiocarbonyl (C=S) groups is 1.